The third-order valence-electron chi connectivity index (χ3n) is 1.36. The Hall–Kier alpha value is -1.45. The van der Waals surface area contributed by atoms with Gasteiger partial charge in [0.1, 0.15) is 5.82 Å². The SMILES string of the molecule is CN(C)c1c(N)cnn1C.O=S(=O)(O)O.O=S(=O)(O)O. The molecule has 0 saturated heterocycles. The monoisotopic (exact) mass is 336 g/mol. The summed E-state index contributed by atoms with van der Waals surface area (Å²) in [5.41, 5.74) is 6.33. The Balaban J connectivity index is 0. The van der Waals surface area contributed by atoms with E-state index in [4.69, 9.17) is 40.8 Å². The van der Waals surface area contributed by atoms with Gasteiger partial charge in [0.2, 0.25) is 0 Å². The van der Waals surface area contributed by atoms with Crippen molar-refractivity contribution >= 4 is 32.3 Å². The minimum atomic E-state index is -4.67. The van der Waals surface area contributed by atoms with E-state index in [0.717, 1.165) is 5.82 Å². The average Bonchev–Trinajstić information content (AvgIpc) is 2.39. The minimum absolute atomic E-state index is 0.715. The van der Waals surface area contributed by atoms with Crippen LogP contribution in [0, 0.1) is 0 Å². The van der Waals surface area contributed by atoms with Gasteiger partial charge in [0.25, 0.3) is 0 Å². The average molecular weight is 336 g/mol. The number of nitrogens with zero attached hydrogens (tertiary/aromatic N) is 3. The number of aryl methyl sites for hydroxylation is 1. The summed E-state index contributed by atoms with van der Waals surface area (Å²) in [6.07, 6.45) is 1.65. The van der Waals surface area contributed by atoms with Gasteiger partial charge in [-0.05, 0) is 0 Å². The van der Waals surface area contributed by atoms with Gasteiger partial charge in [0.05, 0.1) is 11.9 Å². The summed E-state index contributed by atoms with van der Waals surface area (Å²) >= 11 is 0. The van der Waals surface area contributed by atoms with E-state index < -0.39 is 20.8 Å². The highest BCUT2D eigenvalue weighted by Crippen LogP contribution is 2.17. The predicted octanol–water partition coefficient (Wildman–Crippen LogP) is -1.24. The van der Waals surface area contributed by atoms with Crippen LogP contribution in [0.4, 0.5) is 11.5 Å². The van der Waals surface area contributed by atoms with Crippen molar-refractivity contribution < 1.29 is 35.0 Å². The first-order chi connectivity index (χ1) is 8.63. The van der Waals surface area contributed by atoms with E-state index in [1.54, 1.807) is 10.9 Å². The fourth-order valence-corrected chi connectivity index (χ4v) is 0.996. The fraction of sp³-hybridized carbons (Fsp3) is 0.500. The van der Waals surface area contributed by atoms with E-state index in [2.05, 4.69) is 5.10 Å². The van der Waals surface area contributed by atoms with Crippen molar-refractivity contribution in [2.24, 2.45) is 7.05 Å². The lowest BCUT2D eigenvalue weighted by molar-refractivity contribution is 0.378. The van der Waals surface area contributed by atoms with Crippen molar-refractivity contribution in [1.82, 2.24) is 9.78 Å². The highest BCUT2D eigenvalue weighted by atomic mass is 32.3. The summed E-state index contributed by atoms with van der Waals surface area (Å²) in [5.74, 6) is 0.944. The Morgan fingerprint density at radius 2 is 1.40 bits per heavy atom. The van der Waals surface area contributed by atoms with Gasteiger partial charge in [-0.2, -0.15) is 21.9 Å². The fourth-order valence-electron chi connectivity index (χ4n) is 0.996. The van der Waals surface area contributed by atoms with Gasteiger partial charge in [-0.15, -0.1) is 0 Å². The summed E-state index contributed by atoms with van der Waals surface area (Å²) in [4.78, 5) is 1.93. The van der Waals surface area contributed by atoms with Crippen LogP contribution in [0.15, 0.2) is 6.20 Å². The summed E-state index contributed by atoms with van der Waals surface area (Å²) in [7, 11) is -3.59. The molecule has 1 rings (SSSR count). The molecule has 0 aliphatic carbocycles. The van der Waals surface area contributed by atoms with E-state index in [1.807, 2.05) is 26.0 Å². The molecule has 0 unspecified atom stereocenters. The molecule has 0 spiro atoms. The van der Waals surface area contributed by atoms with Gasteiger partial charge in [-0.25, -0.2) is 0 Å². The number of anilines is 2. The van der Waals surface area contributed by atoms with Gasteiger partial charge in [-0.3, -0.25) is 22.9 Å². The van der Waals surface area contributed by atoms with Crippen molar-refractivity contribution in [2.75, 3.05) is 24.7 Å². The molecule has 120 valence electrons. The molecule has 20 heavy (non-hydrogen) atoms. The van der Waals surface area contributed by atoms with Crippen molar-refractivity contribution in [3.05, 3.63) is 6.20 Å². The molecule has 0 fully saturated rings. The molecule has 0 atom stereocenters. The first-order valence-corrected chi connectivity index (χ1v) is 7.27. The van der Waals surface area contributed by atoms with Crippen molar-refractivity contribution in [3.8, 4) is 0 Å². The van der Waals surface area contributed by atoms with E-state index in [0.29, 0.717) is 5.69 Å². The second-order valence-corrected chi connectivity index (χ2v) is 5.13. The second kappa shape index (κ2) is 7.98. The first kappa shape index (κ1) is 20.9. The Morgan fingerprint density at radius 3 is 1.50 bits per heavy atom. The van der Waals surface area contributed by atoms with Crippen LogP contribution >= 0.6 is 0 Å². The molecule has 0 aromatic carbocycles. The maximum atomic E-state index is 8.74. The van der Waals surface area contributed by atoms with Gasteiger partial charge in [0.15, 0.2) is 0 Å². The quantitative estimate of drug-likeness (QED) is 0.384. The van der Waals surface area contributed by atoms with Crippen LogP contribution in [0.2, 0.25) is 0 Å². The summed E-state index contributed by atoms with van der Waals surface area (Å²) in [5, 5.41) is 3.99. The smallest absolute Gasteiger partial charge is 0.394 e. The van der Waals surface area contributed by atoms with Gasteiger partial charge in [-0.1, -0.05) is 0 Å². The Morgan fingerprint density at radius 1 is 1.10 bits per heavy atom. The normalized spacial score (nSPS) is 10.8. The molecule has 0 aliphatic heterocycles. The van der Waals surface area contributed by atoms with Crippen LogP contribution in [-0.2, 0) is 27.8 Å². The van der Waals surface area contributed by atoms with Crippen LogP contribution in [0.3, 0.4) is 0 Å². The minimum Gasteiger partial charge on any atom is -0.394 e. The summed E-state index contributed by atoms with van der Waals surface area (Å²) in [6, 6.07) is 0. The topological polar surface area (TPSA) is 196 Å². The Kier molecular flexibility index (Phi) is 8.32. The lowest BCUT2D eigenvalue weighted by Gasteiger charge is -2.12. The molecule has 1 heterocycles. The summed E-state index contributed by atoms with van der Waals surface area (Å²) < 4.78 is 64.9. The van der Waals surface area contributed by atoms with E-state index in [1.165, 1.54) is 0 Å². The van der Waals surface area contributed by atoms with E-state index in [9.17, 15) is 0 Å². The van der Waals surface area contributed by atoms with Crippen LogP contribution in [-0.4, -0.2) is 58.9 Å². The zero-order valence-electron chi connectivity index (χ0n) is 10.7. The predicted molar refractivity (Wildman–Crippen MR) is 70.3 cm³/mol. The number of nitrogens with two attached hydrogens (primary N) is 1. The Bertz CT molecular complexity index is 539. The molecule has 0 aliphatic rings. The zero-order valence-corrected chi connectivity index (χ0v) is 12.4. The van der Waals surface area contributed by atoms with Crippen LogP contribution in [0.25, 0.3) is 0 Å². The summed E-state index contributed by atoms with van der Waals surface area (Å²) in [6.45, 7) is 0. The molecule has 6 N–H and O–H groups in total. The van der Waals surface area contributed by atoms with Gasteiger partial charge in [0, 0.05) is 21.1 Å². The maximum Gasteiger partial charge on any atom is 0.394 e. The van der Waals surface area contributed by atoms with Crippen LogP contribution < -0.4 is 10.6 Å². The second-order valence-electron chi connectivity index (χ2n) is 3.34. The molecular weight excluding hydrogens is 320 g/mol. The number of aromatic nitrogens is 2. The molecular formula is C6H16N4O8S2. The number of nitrogen functional groups attached to an aromatic ring is 1. The molecule has 1 aromatic rings. The highest BCUT2D eigenvalue weighted by Gasteiger charge is 2.05. The molecule has 0 radical (unpaired) electrons. The third-order valence-corrected chi connectivity index (χ3v) is 1.36. The number of rotatable bonds is 1. The Labute approximate surface area is 116 Å². The van der Waals surface area contributed by atoms with E-state index in [-0.39, 0.29) is 0 Å². The lowest BCUT2D eigenvalue weighted by atomic mass is 10.5. The standard InChI is InChI=1S/C6H12N4.2H2O4S/c1-9(2)6-5(7)4-8-10(6)3;2*1-5(2,3)4/h4H,7H2,1-3H3;2*(H2,1,2,3,4). The molecule has 14 heteroatoms. The van der Waals surface area contributed by atoms with E-state index >= 15 is 0 Å². The maximum absolute atomic E-state index is 8.74. The number of hydrogen-bond acceptors (Lipinski definition) is 7. The lowest BCUT2D eigenvalue weighted by Crippen LogP contribution is -2.14. The largest absolute Gasteiger partial charge is 0.394 e. The molecule has 1 aromatic heterocycles. The van der Waals surface area contributed by atoms with Crippen LogP contribution in [0.1, 0.15) is 0 Å². The molecule has 0 saturated carbocycles. The molecule has 0 bridgehead atoms. The third kappa shape index (κ3) is 16.6. The van der Waals surface area contributed by atoms with Crippen molar-refractivity contribution in [1.29, 1.82) is 0 Å². The molecule has 0 amide bonds. The van der Waals surface area contributed by atoms with Crippen molar-refractivity contribution in [2.45, 2.75) is 0 Å². The van der Waals surface area contributed by atoms with Gasteiger partial charge < -0.3 is 10.6 Å². The van der Waals surface area contributed by atoms with Crippen molar-refractivity contribution in [3.63, 3.8) is 0 Å². The highest BCUT2D eigenvalue weighted by molar-refractivity contribution is 7.80. The zero-order chi connectivity index (χ0) is 16.7. The number of hydrogen-bond donors (Lipinski definition) is 5. The first-order valence-electron chi connectivity index (χ1n) is 4.47. The molecule has 12 nitrogen and oxygen atoms in total. The van der Waals surface area contributed by atoms with Gasteiger partial charge >= 0.3 is 20.8 Å². The van der Waals surface area contributed by atoms with Crippen LogP contribution in [0.5, 0.6) is 0 Å².